The van der Waals surface area contributed by atoms with Crippen molar-refractivity contribution in [3.8, 4) is 0 Å². The average molecular weight is 149 g/mol. The van der Waals surface area contributed by atoms with E-state index < -0.39 is 0 Å². The van der Waals surface area contributed by atoms with Gasteiger partial charge in [0.2, 0.25) is 0 Å². The highest BCUT2D eigenvalue weighted by molar-refractivity contribution is 5.62. The fourth-order valence-corrected chi connectivity index (χ4v) is 1.07. The summed E-state index contributed by atoms with van der Waals surface area (Å²) in [5, 5.41) is 0. The minimum Gasteiger partial charge on any atom is -0.303 e. The molecule has 0 saturated carbocycles. The molecule has 0 aromatic carbocycles. The van der Waals surface area contributed by atoms with Gasteiger partial charge in [-0.2, -0.15) is 0 Å². The molecule has 0 N–H and O–H groups in total. The number of rotatable bonds is 2. The van der Waals surface area contributed by atoms with Crippen molar-refractivity contribution in [2.45, 2.75) is 19.8 Å². The van der Waals surface area contributed by atoms with E-state index in [1.165, 1.54) is 0 Å². The van der Waals surface area contributed by atoms with Gasteiger partial charge < -0.3 is 4.79 Å². The third-order valence-corrected chi connectivity index (χ3v) is 1.76. The molecule has 1 aromatic rings. The van der Waals surface area contributed by atoms with E-state index in [0.717, 1.165) is 17.4 Å². The number of nitrogens with zero attached hydrogens (tertiary/aromatic N) is 1. The maximum absolute atomic E-state index is 10.4. The lowest BCUT2D eigenvalue weighted by Crippen LogP contribution is -1.97. The lowest BCUT2D eigenvalue weighted by atomic mass is 10.0. The maximum atomic E-state index is 10.4. The van der Waals surface area contributed by atoms with Gasteiger partial charge in [-0.25, -0.2) is 0 Å². The molecule has 58 valence electrons. The molecule has 1 atom stereocenters. The van der Waals surface area contributed by atoms with Crippen LogP contribution in [0.2, 0.25) is 0 Å². The Hall–Kier alpha value is -1.18. The van der Waals surface area contributed by atoms with Crippen molar-refractivity contribution in [2.24, 2.45) is 0 Å². The van der Waals surface area contributed by atoms with Crippen LogP contribution in [0, 0.1) is 6.92 Å². The lowest BCUT2D eigenvalue weighted by Gasteiger charge is -2.05. The molecule has 0 radical (unpaired) electrons. The van der Waals surface area contributed by atoms with Crippen molar-refractivity contribution in [3.05, 3.63) is 29.6 Å². The molecule has 0 aliphatic rings. The van der Waals surface area contributed by atoms with Crippen molar-refractivity contribution in [1.29, 1.82) is 0 Å². The zero-order valence-electron chi connectivity index (χ0n) is 6.74. The molecule has 0 spiro atoms. The topological polar surface area (TPSA) is 30.0 Å². The Bertz CT molecular complexity index is 257. The first kappa shape index (κ1) is 7.92. The SMILES string of the molecule is Cc1cnccc1C(C)C=O. The quantitative estimate of drug-likeness (QED) is 0.599. The standard InChI is InChI=1S/C9H11NO/c1-7-5-10-4-3-9(7)8(2)6-11/h3-6,8H,1-2H3. The van der Waals surface area contributed by atoms with E-state index in [0.29, 0.717) is 0 Å². The van der Waals surface area contributed by atoms with Crippen LogP contribution in [0.25, 0.3) is 0 Å². The Balaban J connectivity index is 3.02. The van der Waals surface area contributed by atoms with Crippen LogP contribution in [-0.2, 0) is 4.79 Å². The molecule has 2 nitrogen and oxygen atoms in total. The Labute approximate surface area is 66.3 Å². The van der Waals surface area contributed by atoms with Crippen molar-refractivity contribution >= 4 is 6.29 Å². The highest BCUT2D eigenvalue weighted by Crippen LogP contribution is 2.15. The largest absolute Gasteiger partial charge is 0.303 e. The number of hydrogen-bond donors (Lipinski definition) is 0. The maximum Gasteiger partial charge on any atom is 0.127 e. The van der Waals surface area contributed by atoms with Crippen LogP contribution in [0.5, 0.6) is 0 Å². The summed E-state index contributed by atoms with van der Waals surface area (Å²) in [5.41, 5.74) is 2.14. The summed E-state index contributed by atoms with van der Waals surface area (Å²) in [5.74, 6) is -0.0157. The van der Waals surface area contributed by atoms with Crippen LogP contribution in [0.4, 0.5) is 0 Å². The number of aromatic nitrogens is 1. The number of pyridine rings is 1. The molecule has 0 aliphatic heterocycles. The van der Waals surface area contributed by atoms with Gasteiger partial charge in [0.25, 0.3) is 0 Å². The summed E-state index contributed by atoms with van der Waals surface area (Å²) >= 11 is 0. The van der Waals surface area contributed by atoms with Gasteiger partial charge in [-0.15, -0.1) is 0 Å². The Morgan fingerprint density at radius 1 is 1.64 bits per heavy atom. The van der Waals surface area contributed by atoms with E-state index >= 15 is 0 Å². The summed E-state index contributed by atoms with van der Waals surface area (Å²) in [7, 11) is 0. The van der Waals surface area contributed by atoms with Crippen molar-refractivity contribution in [2.75, 3.05) is 0 Å². The van der Waals surface area contributed by atoms with Crippen LogP contribution >= 0.6 is 0 Å². The predicted octanol–water partition coefficient (Wildman–Crippen LogP) is 1.69. The second-order valence-corrected chi connectivity index (χ2v) is 2.66. The Kier molecular flexibility index (Phi) is 2.36. The highest BCUT2D eigenvalue weighted by Gasteiger charge is 2.05. The monoisotopic (exact) mass is 149 g/mol. The molecule has 0 saturated heterocycles. The summed E-state index contributed by atoms with van der Waals surface area (Å²) in [6, 6.07) is 1.88. The van der Waals surface area contributed by atoms with Crippen molar-refractivity contribution in [3.63, 3.8) is 0 Å². The number of carbonyl (C=O) groups is 1. The first-order valence-electron chi connectivity index (χ1n) is 3.61. The molecule has 1 unspecified atom stereocenters. The second kappa shape index (κ2) is 3.28. The second-order valence-electron chi connectivity index (χ2n) is 2.66. The fraction of sp³-hybridized carbons (Fsp3) is 0.333. The summed E-state index contributed by atoms with van der Waals surface area (Å²) in [6.07, 6.45) is 4.43. The van der Waals surface area contributed by atoms with Crippen LogP contribution < -0.4 is 0 Å². The summed E-state index contributed by atoms with van der Waals surface area (Å²) < 4.78 is 0. The number of aldehydes is 1. The van der Waals surface area contributed by atoms with Gasteiger partial charge in [0.1, 0.15) is 6.29 Å². The molecule has 0 aliphatic carbocycles. The Morgan fingerprint density at radius 2 is 2.36 bits per heavy atom. The average Bonchev–Trinajstić information content (AvgIpc) is 2.04. The zero-order valence-corrected chi connectivity index (χ0v) is 6.74. The molecular weight excluding hydrogens is 138 g/mol. The minimum absolute atomic E-state index is 0.0157. The molecular formula is C9H11NO. The highest BCUT2D eigenvalue weighted by atomic mass is 16.1. The first-order valence-corrected chi connectivity index (χ1v) is 3.61. The molecule has 11 heavy (non-hydrogen) atoms. The molecule has 1 heterocycles. The fourth-order valence-electron chi connectivity index (χ4n) is 1.07. The number of carbonyl (C=O) groups excluding carboxylic acids is 1. The van der Waals surface area contributed by atoms with E-state index in [4.69, 9.17) is 0 Å². The number of aryl methyl sites for hydroxylation is 1. The van der Waals surface area contributed by atoms with Gasteiger partial charge in [0.05, 0.1) is 0 Å². The van der Waals surface area contributed by atoms with Crippen LogP contribution in [-0.4, -0.2) is 11.3 Å². The van der Waals surface area contributed by atoms with E-state index in [9.17, 15) is 4.79 Å². The molecule has 1 rings (SSSR count). The molecule has 1 aromatic heterocycles. The third-order valence-electron chi connectivity index (χ3n) is 1.76. The van der Waals surface area contributed by atoms with Gasteiger partial charge in [-0.3, -0.25) is 4.98 Å². The normalized spacial score (nSPS) is 12.5. The lowest BCUT2D eigenvalue weighted by molar-refractivity contribution is -0.108. The minimum atomic E-state index is -0.0157. The van der Waals surface area contributed by atoms with Gasteiger partial charge in [-0.1, -0.05) is 6.92 Å². The van der Waals surface area contributed by atoms with Gasteiger partial charge in [0, 0.05) is 18.3 Å². The molecule has 0 amide bonds. The van der Waals surface area contributed by atoms with E-state index in [-0.39, 0.29) is 5.92 Å². The van der Waals surface area contributed by atoms with Crippen LogP contribution in [0.15, 0.2) is 18.5 Å². The van der Waals surface area contributed by atoms with E-state index in [1.807, 2.05) is 19.9 Å². The smallest absolute Gasteiger partial charge is 0.127 e. The Morgan fingerprint density at radius 3 is 2.91 bits per heavy atom. The predicted molar refractivity (Wildman–Crippen MR) is 43.5 cm³/mol. The van der Waals surface area contributed by atoms with Gasteiger partial charge >= 0.3 is 0 Å². The summed E-state index contributed by atoms with van der Waals surface area (Å²) in [4.78, 5) is 14.4. The van der Waals surface area contributed by atoms with Crippen LogP contribution in [0.3, 0.4) is 0 Å². The van der Waals surface area contributed by atoms with E-state index in [2.05, 4.69) is 4.98 Å². The van der Waals surface area contributed by atoms with E-state index in [1.54, 1.807) is 12.4 Å². The van der Waals surface area contributed by atoms with Crippen LogP contribution in [0.1, 0.15) is 24.0 Å². The molecule has 2 heteroatoms. The zero-order chi connectivity index (χ0) is 8.27. The van der Waals surface area contributed by atoms with Crippen molar-refractivity contribution in [1.82, 2.24) is 4.98 Å². The first-order chi connectivity index (χ1) is 5.25. The van der Waals surface area contributed by atoms with Gasteiger partial charge in [-0.05, 0) is 24.1 Å². The van der Waals surface area contributed by atoms with Gasteiger partial charge in [0.15, 0.2) is 0 Å². The molecule has 0 fully saturated rings. The third kappa shape index (κ3) is 1.64. The number of hydrogen-bond acceptors (Lipinski definition) is 2. The molecule has 0 bridgehead atoms. The summed E-state index contributed by atoms with van der Waals surface area (Å²) in [6.45, 7) is 3.84. The van der Waals surface area contributed by atoms with Crippen molar-refractivity contribution < 1.29 is 4.79 Å².